The number of nitrogens with zero attached hydrogens (tertiary/aromatic N) is 1. The van der Waals surface area contributed by atoms with E-state index in [0.717, 1.165) is 16.2 Å². The van der Waals surface area contributed by atoms with Crippen LogP contribution in [0.2, 0.25) is 0 Å². The number of nitrogens with one attached hydrogen (secondary N) is 1. The Morgan fingerprint density at radius 2 is 2.30 bits per heavy atom. The van der Waals surface area contributed by atoms with E-state index < -0.39 is 11.7 Å². The van der Waals surface area contributed by atoms with E-state index in [-0.39, 0.29) is 18.2 Å². The number of benzene rings is 1. The van der Waals surface area contributed by atoms with Crippen LogP contribution >= 0.6 is 15.9 Å². The maximum atomic E-state index is 13.5. The third kappa shape index (κ3) is 2.38. The minimum atomic E-state index is -0.561. The zero-order valence-corrected chi connectivity index (χ0v) is 11.9. The van der Waals surface area contributed by atoms with Gasteiger partial charge in [0.2, 0.25) is 5.91 Å². The predicted molar refractivity (Wildman–Crippen MR) is 75.2 cm³/mol. The second-order valence-corrected chi connectivity index (χ2v) is 5.31. The lowest BCUT2D eigenvalue weighted by molar-refractivity contribution is -0.117. The maximum absolute atomic E-state index is 13.5. The minimum absolute atomic E-state index is 0.119. The molecule has 1 aromatic heterocycles. The van der Waals surface area contributed by atoms with Crippen molar-refractivity contribution in [1.82, 2.24) is 4.98 Å². The molecule has 102 valence electrons. The van der Waals surface area contributed by atoms with Crippen LogP contribution in [-0.2, 0) is 4.79 Å². The molecule has 6 heteroatoms. The first-order valence-corrected chi connectivity index (χ1v) is 6.77. The summed E-state index contributed by atoms with van der Waals surface area (Å²) >= 11 is 3.36. The van der Waals surface area contributed by atoms with Gasteiger partial charge in [0.05, 0.1) is 11.9 Å². The molecule has 1 atom stereocenters. The van der Waals surface area contributed by atoms with Crippen LogP contribution in [0.3, 0.4) is 0 Å². The number of pyridine rings is 1. The molecule has 0 fully saturated rings. The summed E-state index contributed by atoms with van der Waals surface area (Å²) < 4.78 is 19.8. The molecule has 20 heavy (non-hydrogen) atoms. The monoisotopic (exact) mass is 336 g/mol. The van der Waals surface area contributed by atoms with Crippen molar-refractivity contribution in [1.29, 1.82) is 0 Å². The molecule has 0 saturated heterocycles. The Labute approximate surface area is 123 Å². The van der Waals surface area contributed by atoms with Gasteiger partial charge in [-0.1, -0.05) is 15.9 Å². The van der Waals surface area contributed by atoms with Gasteiger partial charge < -0.3 is 10.1 Å². The smallest absolute Gasteiger partial charge is 0.235 e. The first kappa shape index (κ1) is 13.1. The van der Waals surface area contributed by atoms with Gasteiger partial charge in [0, 0.05) is 16.2 Å². The first-order valence-electron chi connectivity index (χ1n) is 5.98. The first-order chi connectivity index (χ1) is 9.65. The fraction of sp³-hybridized carbons (Fsp3) is 0.143. The van der Waals surface area contributed by atoms with Crippen LogP contribution < -0.4 is 10.1 Å². The molecule has 0 radical (unpaired) electrons. The summed E-state index contributed by atoms with van der Waals surface area (Å²) in [6.45, 7) is 0.254. The quantitative estimate of drug-likeness (QED) is 0.916. The molecule has 0 bridgehead atoms. The van der Waals surface area contributed by atoms with Gasteiger partial charge in [-0.2, -0.15) is 0 Å². The number of anilines is 1. The fourth-order valence-electron chi connectivity index (χ4n) is 2.10. The molecule has 4 nitrogen and oxygen atoms in total. The Morgan fingerprint density at radius 3 is 3.10 bits per heavy atom. The summed E-state index contributed by atoms with van der Waals surface area (Å²) in [5, 5.41) is 2.56. The Hall–Kier alpha value is -1.95. The second kappa shape index (κ2) is 5.20. The molecule has 0 aliphatic carbocycles. The summed E-state index contributed by atoms with van der Waals surface area (Å²) in [4.78, 5) is 15.9. The highest BCUT2D eigenvalue weighted by Gasteiger charge is 2.30. The van der Waals surface area contributed by atoms with Crippen LogP contribution in [0.1, 0.15) is 11.5 Å². The number of aromatic nitrogens is 1. The summed E-state index contributed by atoms with van der Waals surface area (Å²) in [6.07, 6.45) is 2.49. The molecule has 0 unspecified atom stereocenters. The number of halogens is 2. The standard InChI is InChI=1S/C14H10BrFN2O2/c15-8-1-2-13-9(5-8)10(7-20-13)14(19)18-12-3-4-17-6-11(12)16/h1-6,10H,7H2,(H,17,18,19)/t10-/m1/s1. The van der Waals surface area contributed by atoms with Crippen LogP contribution in [0.25, 0.3) is 0 Å². The molecule has 1 aromatic carbocycles. The van der Waals surface area contributed by atoms with E-state index in [0.29, 0.717) is 5.75 Å². The van der Waals surface area contributed by atoms with Crippen LogP contribution in [0.15, 0.2) is 41.1 Å². The Balaban J connectivity index is 1.84. The lowest BCUT2D eigenvalue weighted by atomic mass is 10.0. The van der Waals surface area contributed by atoms with E-state index in [4.69, 9.17) is 4.74 Å². The highest BCUT2D eigenvalue weighted by molar-refractivity contribution is 9.10. The molecule has 0 saturated carbocycles. The van der Waals surface area contributed by atoms with Gasteiger partial charge in [-0.15, -0.1) is 0 Å². The number of hydrogen-bond acceptors (Lipinski definition) is 3. The van der Waals surface area contributed by atoms with E-state index in [2.05, 4.69) is 26.2 Å². The highest BCUT2D eigenvalue weighted by atomic mass is 79.9. The van der Waals surface area contributed by atoms with Gasteiger partial charge in [-0.25, -0.2) is 4.39 Å². The molecule has 2 heterocycles. The van der Waals surface area contributed by atoms with Crippen LogP contribution in [0, 0.1) is 5.82 Å². The molecule has 1 amide bonds. The molecule has 1 N–H and O–H groups in total. The van der Waals surface area contributed by atoms with Gasteiger partial charge in [0.25, 0.3) is 0 Å². The predicted octanol–water partition coefficient (Wildman–Crippen LogP) is 3.10. The van der Waals surface area contributed by atoms with Gasteiger partial charge in [0.15, 0.2) is 5.82 Å². The number of carbonyl (C=O) groups is 1. The van der Waals surface area contributed by atoms with Crippen molar-refractivity contribution in [2.24, 2.45) is 0 Å². The Bertz CT molecular complexity index is 678. The molecular formula is C14H10BrFN2O2. The Kier molecular flexibility index (Phi) is 3.40. The van der Waals surface area contributed by atoms with Gasteiger partial charge in [-0.3, -0.25) is 9.78 Å². The zero-order chi connectivity index (χ0) is 14.1. The van der Waals surface area contributed by atoms with Crippen LogP contribution in [0.4, 0.5) is 10.1 Å². The molecule has 1 aliphatic rings. The molecule has 2 aromatic rings. The molecule has 0 spiro atoms. The van der Waals surface area contributed by atoms with Crippen molar-refractivity contribution >= 4 is 27.5 Å². The molecule has 1 aliphatic heterocycles. The van der Waals surface area contributed by atoms with Crippen LogP contribution in [-0.4, -0.2) is 17.5 Å². The summed E-state index contributed by atoms with van der Waals surface area (Å²) in [5.74, 6) is -0.625. The van der Waals surface area contributed by atoms with Crippen molar-refractivity contribution in [3.63, 3.8) is 0 Å². The highest BCUT2D eigenvalue weighted by Crippen LogP contribution is 2.36. The SMILES string of the molecule is O=C(Nc1ccncc1F)[C@@H]1COc2ccc(Br)cc21. The second-order valence-electron chi connectivity index (χ2n) is 4.39. The summed E-state index contributed by atoms with van der Waals surface area (Å²) in [7, 11) is 0. The van der Waals surface area contributed by atoms with Gasteiger partial charge in [0.1, 0.15) is 18.3 Å². The van der Waals surface area contributed by atoms with Gasteiger partial charge >= 0.3 is 0 Å². The van der Waals surface area contributed by atoms with E-state index in [1.807, 2.05) is 12.1 Å². The van der Waals surface area contributed by atoms with Crippen molar-refractivity contribution < 1.29 is 13.9 Å². The number of carbonyl (C=O) groups excluding carboxylic acids is 1. The van der Waals surface area contributed by atoms with Crippen molar-refractivity contribution in [2.45, 2.75) is 5.92 Å². The van der Waals surface area contributed by atoms with E-state index in [1.54, 1.807) is 6.07 Å². The third-order valence-corrected chi connectivity index (χ3v) is 3.59. The molecular weight excluding hydrogens is 327 g/mol. The van der Waals surface area contributed by atoms with Gasteiger partial charge in [-0.05, 0) is 24.3 Å². The maximum Gasteiger partial charge on any atom is 0.235 e. The topological polar surface area (TPSA) is 51.2 Å². The lowest BCUT2D eigenvalue weighted by Crippen LogP contribution is -2.22. The fourth-order valence-corrected chi connectivity index (χ4v) is 2.48. The van der Waals surface area contributed by atoms with Crippen molar-refractivity contribution in [3.8, 4) is 5.75 Å². The van der Waals surface area contributed by atoms with E-state index >= 15 is 0 Å². The number of amides is 1. The van der Waals surface area contributed by atoms with E-state index in [9.17, 15) is 9.18 Å². The Morgan fingerprint density at radius 1 is 1.45 bits per heavy atom. The average molecular weight is 337 g/mol. The number of hydrogen-bond donors (Lipinski definition) is 1. The number of rotatable bonds is 2. The number of fused-ring (bicyclic) bond motifs is 1. The van der Waals surface area contributed by atoms with E-state index in [1.165, 1.54) is 12.3 Å². The zero-order valence-electron chi connectivity index (χ0n) is 10.3. The lowest BCUT2D eigenvalue weighted by Gasteiger charge is -2.10. The molecule has 3 rings (SSSR count). The van der Waals surface area contributed by atoms with Crippen LogP contribution in [0.5, 0.6) is 5.75 Å². The normalized spacial score (nSPS) is 16.4. The van der Waals surface area contributed by atoms with Crippen molar-refractivity contribution in [3.05, 3.63) is 52.5 Å². The summed E-state index contributed by atoms with van der Waals surface area (Å²) in [6, 6.07) is 6.92. The average Bonchev–Trinajstić information content (AvgIpc) is 2.84. The largest absolute Gasteiger partial charge is 0.492 e. The van der Waals surface area contributed by atoms with Crippen molar-refractivity contribution in [2.75, 3.05) is 11.9 Å². The third-order valence-electron chi connectivity index (χ3n) is 3.10. The number of ether oxygens (including phenoxy) is 1. The minimum Gasteiger partial charge on any atom is -0.492 e. The summed E-state index contributed by atoms with van der Waals surface area (Å²) in [5.41, 5.74) is 0.916.